The SMILES string of the molecule is CCC(OC(=O)c1cccc2cccc(-c3nc4ccccc4o3)c12)C(=O)Nc1cc(Cl)ccc1C. The van der Waals surface area contributed by atoms with Crippen LogP contribution in [0.5, 0.6) is 0 Å². The maximum absolute atomic E-state index is 13.4. The van der Waals surface area contributed by atoms with Gasteiger partial charge in [0.1, 0.15) is 5.52 Å². The summed E-state index contributed by atoms with van der Waals surface area (Å²) in [5, 5.41) is 4.81. The van der Waals surface area contributed by atoms with Crippen LogP contribution < -0.4 is 5.32 Å². The zero-order chi connectivity index (χ0) is 25.2. The number of oxazole rings is 1. The highest BCUT2D eigenvalue weighted by Crippen LogP contribution is 2.33. The zero-order valence-corrected chi connectivity index (χ0v) is 20.5. The second-order valence-electron chi connectivity index (χ2n) is 8.45. The topological polar surface area (TPSA) is 81.4 Å². The Morgan fingerprint density at radius 2 is 1.81 bits per heavy atom. The van der Waals surface area contributed by atoms with Crippen molar-refractivity contribution in [2.75, 3.05) is 5.32 Å². The fourth-order valence-corrected chi connectivity index (χ4v) is 4.31. The summed E-state index contributed by atoms with van der Waals surface area (Å²) in [5.41, 5.74) is 3.81. The highest BCUT2D eigenvalue weighted by molar-refractivity contribution is 6.31. The first kappa shape index (κ1) is 23.6. The molecule has 1 N–H and O–H groups in total. The van der Waals surface area contributed by atoms with Gasteiger partial charge < -0.3 is 14.5 Å². The number of fused-ring (bicyclic) bond motifs is 2. The van der Waals surface area contributed by atoms with Gasteiger partial charge >= 0.3 is 5.97 Å². The average molecular weight is 499 g/mol. The van der Waals surface area contributed by atoms with Crippen molar-refractivity contribution in [1.82, 2.24) is 4.98 Å². The molecule has 1 unspecified atom stereocenters. The van der Waals surface area contributed by atoms with Gasteiger partial charge in [0.15, 0.2) is 11.7 Å². The predicted octanol–water partition coefficient (Wildman–Crippen LogP) is 7.18. The van der Waals surface area contributed by atoms with Gasteiger partial charge in [-0.05, 0) is 60.7 Å². The quantitative estimate of drug-likeness (QED) is 0.251. The molecule has 4 aromatic carbocycles. The van der Waals surface area contributed by atoms with E-state index in [-0.39, 0.29) is 0 Å². The van der Waals surface area contributed by atoms with E-state index in [9.17, 15) is 9.59 Å². The van der Waals surface area contributed by atoms with Crippen molar-refractivity contribution < 1.29 is 18.7 Å². The molecule has 0 aliphatic carbocycles. The molecular weight excluding hydrogens is 476 g/mol. The van der Waals surface area contributed by atoms with Crippen molar-refractivity contribution in [2.24, 2.45) is 0 Å². The molecule has 0 saturated heterocycles. The molecule has 0 aliphatic rings. The number of nitrogens with zero attached hydrogens (tertiary/aromatic N) is 1. The number of aromatic nitrogens is 1. The van der Waals surface area contributed by atoms with E-state index < -0.39 is 18.0 Å². The summed E-state index contributed by atoms with van der Waals surface area (Å²) in [6.45, 7) is 3.65. The van der Waals surface area contributed by atoms with E-state index >= 15 is 0 Å². The molecule has 5 rings (SSSR count). The van der Waals surface area contributed by atoms with Gasteiger partial charge in [-0.25, -0.2) is 9.78 Å². The maximum Gasteiger partial charge on any atom is 0.339 e. The summed E-state index contributed by atoms with van der Waals surface area (Å²) < 4.78 is 11.7. The third-order valence-corrected chi connectivity index (χ3v) is 6.25. The van der Waals surface area contributed by atoms with Crippen LogP contribution in [0.1, 0.15) is 29.3 Å². The van der Waals surface area contributed by atoms with Crippen molar-refractivity contribution in [3.8, 4) is 11.5 Å². The molecule has 1 aromatic heterocycles. The fraction of sp³-hybridized carbons (Fsp3) is 0.138. The van der Waals surface area contributed by atoms with Gasteiger partial charge in [0.2, 0.25) is 5.89 Å². The number of ether oxygens (including phenoxy) is 1. The van der Waals surface area contributed by atoms with E-state index in [1.807, 2.05) is 61.5 Å². The Balaban J connectivity index is 1.48. The lowest BCUT2D eigenvalue weighted by molar-refractivity contribution is -0.124. The van der Waals surface area contributed by atoms with Crippen LogP contribution in [0.25, 0.3) is 33.3 Å². The number of hydrogen-bond donors (Lipinski definition) is 1. The molecule has 1 heterocycles. The van der Waals surface area contributed by atoms with E-state index in [1.165, 1.54) is 0 Å². The summed E-state index contributed by atoms with van der Waals surface area (Å²) >= 11 is 6.08. The number of anilines is 1. The van der Waals surface area contributed by atoms with Crippen molar-refractivity contribution in [3.05, 3.63) is 95.0 Å². The first-order chi connectivity index (χ1) is 17.4. The van der Waals surface area contributed by atoms with Crippen LogP contribution >= 0.6 is 11.6 Å². The Hall–Kier alpha value is -4.16. The third-order valence-electron chi connectivity index (χ3n) is 6.02. The van der Waals surface area contributed by atoms with Gasteiger partial charge in [-0.3, -0.25) is 4.79 Å². The van der Waals surface area contributed by atoms with Crippen LogP contribution in [0, 0.1) is 6.92 Å². The molecule has 180 valence electrons. The van der Waals surface area contributed by atoms with Gasteiger partial charge in [0.25, 0.3) is 5.91 Å². The monoisotopic (exact) mass is 498 g/mol. The molecule has 0 radical (unpaired) electrons. The number of halogens is 1. The van der Waals surface area contributed by atoms with Crippen LogP contribution in [0.15, 0.2) is 83.3 Å². The number of rotatable bonds is 6. The summed E-state index contributed by atoms with van der Waals surface area (Å²) in [6, 6.07) is 23.7. The minimum Gasteiger partial charge on any atom is -0.449 e. The van der Waals surface area contributed by atoms with Gasteiger partial charge in [-0.15, -0.1) is 0 Å². The first-order valence-corrected chi connectivity index (χ1v) is 12.0. The Labute approximate surface area is 212 Å². The van der Waals surface area contributed by atoms with E-state index in [0.717, 1.165) is 16.5 Å². The highest BCUT2D eigenvalue weighted by atomic mass is 35.5. The second-order valence-corrected chi connectivity index (χ2v) is 8.88. The lowest BCUT2D eigenvalue weighted by Gasteiger charge is -2.18. The van der Waals surface area contributed by atoms with Crippen LogP contribution in [0.2, 0.25) is 5.02 Å². The molecule has 1 amide bonds. The number of nitrogens with one attached hydrogen (secondary N) is 1. The normalized spacial score (nSPS) is 12.0. The maximum atomic E-state index is 13.4. The number of carbonyl (C=O) groups is 2. The lowest BCUT2D eigenvalue weighted by Crippen LogP contribution is -2.32. The van der Waals surface area contributed by atoms with Gasteiger partial charge in [-0.2, -0.15) is 0 Å². The Bertz CT molecular complexity index is 1570. The van der Waals surface area contributed by atoms with Gasteiger partial charge in [-0.1, -0.05) is 61.0 Å². The van der Waals surface area contributed by atoms with E-state index in [2.05, 4.69) is 10.3 Å². The Morgan fingerprint density at radius 3 is 2.58 bits per heavy atom. The molecule has 0 fully saturated rings. The molecule has 1 atom stereocenters. The van der Waals surface area contributed by atoms with Crippen molar-refractivity contribution >= 4 is 51.0 Å². The number of aryl methyl sites for hydroxylation is 1. The zero-order valence-electron chi connectivity index (χ0n) is 19.7. The van der Waals surface area contributed by atoms with Crippen molar-refractivity contribution in [3.63, 3.8) is 0 Å². The Kier molecular flexibility index (Phi) is 6.44. The fourth-order valence-electron chi connectivity index (χ4n) is 4.13. The molecule has 6 nitrogen and oxygen atoms in total. The summed E-state index contributed by atoms with van der Waals surface area (Å²) in [4.78, 5) is 31.0. The molecular formula is C29H23ClN2O4. The van der Waals surface area contributed by atoms with E-state index in [1.54, 1.807) is 31.2 Å². The molecule has 5 aromatic rings. The highest BCUT2D eigenvalue weighted by Gasteiger charge is 2.25. The number of hydrogen-bond acceptors (Lipinski definition) is 5. The minimum absolute atomic E-state index is 0.305. The number of carbonyl (C=O) groups excluding carboxylic acids is 2. The van der Waals surface area contributed by atoms with E-state index in [0.29, 0.717) is 45.1 Å². The molecule has 0 saturated carbocycles. The smallest absolute Gasteiger partial charge is 0.339 e. The second kappa shape index (κ2) is 9.84. The first-order valence-electron chi connectivity index (χ1n) is 11.6. The number of benzene rings is 4. The largest absolute Gasteiger partial charge is 0.449 e. The third kappa shape index (κ3) is 4.55. The molecule has 36 heavy (non-hydrogen) atoms. The van der Waals surface area contributed by atoms with Gasteiger partial charge in [0.05, 0.1) is 5.56 Å². The molecule has 0 spiro atoms. The van der Waals surface area contributed by atoms with Crippen molar-refractivity contribution in [1.29, 1.82) is 0 Å². The number of amides is 1. The van der Waals surface area contributed by atoms with Crippen LogP contribution in [0.4, 0.5) is 5.69 Å². The standard InChI is InChI=1S/C29H23ClN2O4/c1-3-24(27(33)31-23-16-19(30)15-14-17(23)2)36-29(34)21-11-7-9-18-8-6-10-20(26(18)21)28-32-22-12-4-5-13-25(22)35-28/h4-16,24H,3H2,1-2H3,(H,31,33). The number of para-hydroxylation sites is 2. The van der Waals surface area contributed by atoms with E-state index in [4.69, 9.17) is 20.8 Å². The van der Waals surface area contributed by atoms with Crippen LogP contribution in [0.3, 0.4) is 0 Å². The number of esters is 1. The minimum atomic E-state index is -0.984. The van der Waals surface area contributed by atoms with Crippen LogP contribution in [-0.2, 0) is 9.53 Å². The molecule has 0 aliphatic heterocycles. The Morgan fingerprint density at radius 1 is 1.03 bits per heavy atom. The lowest BCUT2D eigenvalue weighted by atomic mass is 9.99. The summed E-state index contributed by atoms with van der Waals surface area (Å²) in [6.07, 6.45) is -0.678. The summed E-state index contributed by atoms with van der Waals surface area (Å²) in [5.74, 6) is -0.618. The summed E-state index contributed by atoms with van der Waals surface area (Å²) in [7, 11) is 0. The molecule has 7 heteroatoms. The predicted molar refractivity (Wildman–Crippen MR) is 141 cm³/mol. The van der Waals surface area contributed by atoms with Gasteiger partial charge in [0, 0.05) is 21.7 Å². The van der Waals surface area contributed by atoms with Crippen molar-refractivity contribution in [2.45, 2.75) is 26.4 Å². The van der Waals surface area contributed by atoms with Crippen LogP contribution in [-0.4, -0.2) is 23.0 Å². The average Bonchev–Trinajstić information content (AvgIpc) is 3.32. The molecule has 0 bridgehead atoms.